The van der Waals surface area contributed by atoms with Crippen LogP contribution in [0.25, 0.3) is 0 Å². The Morgan fingerprint density at radius 3 is 2.33 bits per heavy atom. The van der Waals surface area contributed by atoms with Crippen LogP contribution in [-0.4, -0.2) is 23.7 Å². The van der Waals surface area contributed by atoms with Crippen molar-refractivity contribution in [2.24, 2.45) is 0 Å². The fourth-order valence-electron chi connectivity index (χ4n) is 1.82. The van der Waals surface area contributed by atoms with Crippen LogP contribution in [0.15, 0.2) is 28.0 Å². The van der Waals surface area contributed by atoms with E-state index in [-0.39, 0.29) is 0 Å². The SMILES string of the molecule is C[Si](C)(C)c1cccc2c1[S][Sn]([CH3])([CH3])[S]2. The average Bonchev–Trinajstić information content (AvgIpc) is 2.35. The third kappa shape index (κ3) is 2.61. The molecule has 1 aliphatic rings. The van der Waals surface area contributed by atoms with Crippen molar-refractivity contribution >= 4 is 46.8 Å². The quantitative estimate of drug-likeness (QED) is 0.690. The van der Waals surface area contributed by atoms with Gasteiger partial charge in [-0.05, 0) is 0 Å². The predicted molar refractivity (Wildman–Crippen MR) is 78.6 cm³/mol. The number of hydrogen-bond acceptors (Lipinski definition) is 2. The van der Waals surface area contributed by atoms with Gasteiger partial charge in [-0.25, -0.2) is 0 Å². The Morgan fingerprint density at radius 1 is 1.07 bits per heavy atom. The van der Waals surface area contributed by atoms with Gasteiger partial charge in [-0.2, -0.15) is 0 Å². The van der Waals surface area contributed by atoms with Gasteiger partial charge in [-0.1, -0.05) is 0 Å². The van der Waals surface area contributed by atoms with Gasteiger partial charge in [-0.15, -0.1) is 0 Å². The van der Waals surface area contributed by atoms with E-state index in [4.69, 9.17) is 0 Å². The second-order valence-corrected chi connectivity index (χ2v) is 38.7. The number of rotatable bonds is 1. The van der Waals surface area contributed by atoms with E-state index in [9.17, 15) is 0 Å². The summed E-state index contributed by atoms with van der Waals surface area (Å²) in [6.07, 6.45) is 0. The monoisotopic (exact) mass is 362 g/mol. The van der Waals surface area contributed by atoms with Crippen molar-refractivity contribution in [3.05, 3.63) is 18.2 Å². The molecule has 15 heavy (non-hydrogen) atoms. The van der Waals surface area contributed by atoms with Crippen molar-refractivity contribution in [2.75, 3.05) is 0 Å². The van der Waals surface area contributed by atoms with Crippen molar-refractivity contribution in [1.29, 1.82) is 0 Å². The van der Waals surface area contributed by atoms with Gasteiger partial charge in [0.05, 0.1) is 0 Å². The van der Waals surface area contributed by atoms with E-state index in [0.717, 1.165) is 0 Å². The van der Waals surface area contributed by atoms with Gasteiger partial charge in [0.25, 0.3) is 0 Å². The van der Waals surface area contributed by atoms with E-state index in [0.29, 0.717) is 0 Å². The van der Waals surface area contributed by atoms with Crippen LogP contribution >= 0.6 is 17.9 Å². The molecule has 0 atom stereocenters. The Hall–Kier alpha value is 0.936. The topological polar surface area (TPSA) is 0 Å². The molecule has 82 valence electrons. The summed E-state index contributed by atoms with van der Waals surface area (Å²) in [6, 6.07) is 6.95. The molecular formula is C11H18S2SiSn. The molecule has 0 saturated heterocycles. The second-order valence-electron chi connectivity index (χ2n) is 5.49. The standard InChI is InChI=1S/C9H14S2Si.2CH3.Sn/c1-12(2,3)8-6-4-5-7(10)9(8)11;;;/h4-6,10-11H,1-3H3;2*1H3;/q;;;+2/p-2. The van der Waals surface area contributed by atoms with Gasteiger partial charge in [0.1, 0.15) is 0 Å². The summed E-state index contributed by atoms with van der Waals surface area (Å²) < 4.78 is 0. The molecule has 4 heteroatoms. The summed E-state index contributed by atoms with van der Waals surface area (Å²) in [4.78, 5) is 8.29. The molecule has 0 fully saturated rings. The van der Waals surface area contributed by atoms with Gasteiger partial charge >= 0.3 is 104 Å². The van der Waals surface area contributed by atoms with Gasteiger partial charge in [0.15, 0.2) is 0 Å². The molecule has 1 heterocycles. The van der Waals surface area contributed by atoms with Crippen molar-refractivity contribution in [3.8, 4) is 0 Å². The van der Waals surface area contributed by atoms with Gasteiger partial charge in [0, 0.05) is 0 Å². The van der Waals surface area contributed by atoms with E-state index in [1.165, 1.54) is 0 Å². The molecule has 1 aliphatic heterocycles. The van der Waals surface area contributed by atoms with Gasteiger partial charge < -0.3 is 0 Å². The maximum absolute atomic E-state index is 2.53. The number of benzene rings is 1. The third-order valence-electron chi connectivity index (χ3n) is 2.49. The molecule has 0 N–H and O–H groups in total. The molecule has 0 unspecified atom stereocenters. The predicted octanol–water partition coefficient (Wildman–Crippen LogP) is 4.13. The molecule has 0 radical (unpaired) electrons. The first kappa shape index (κ1) is 12.4. The maximum atomic E-state index is 2.53. The Morgan fingerprint density at radius 2 is 1.73 bits per heavy atom. The first-order chi connectivity index (χ1) is 6.80. The van der Waals surface area contributed by atoms with Crippen LogP contribution in [0.3, 0.4) is 0 Å². The van der Waals surface area contributed by atoms with E-state index in [1.54, 1.807) is 15.0 Å². The molecule has 0 amide bonds. The van der Waals surface area contributed by atoms with Crippen LogP contribution in [0.1, 0.15) is 0 Å². The minimum atomic E-state index is -1.82. The molecule has 2 rings (SSSR count). The van der Waals surface area contributed by atoms with Gasteiger partial charge in [0.2, 0.25) is 0 Å². The summed E-state index contributed by atoms with van der Waals surface area (Å²) >= 11 is -1.82. The summed E-state index contributed by atoms with van der Waals surface area (Å²) in [7, 11) is 3.32. The molecule has 1 aromatic rings. The molecule has 0 aromatic heterocycles. The Kier molecular flexibility index (Phi) is 3.30. The second kappa shape index (κ2) is 4.00. The van der Waals surface area contributed by atoms with Crippen molar-refractivity contribution in [3.63, 3.8) is 0 Å². The van der Waals surface area contributed by atoms with Crippen LogP contribution in [0, 0.1) is 0 Å². The molecular weight excluding hydrogens is 343 g/mol. The summed E-state index contributed by atoms with van der Waals surface area (Å²) in [5.41, 5.74) is 0. The van der Waals surface area contributed by atoms with Crippen LogP contribution in [0.5, 0.6) is 0 Å². The van der Waals surface area contributed by atoms with Crippen LogP contribution in [0.2, 0.25) is 29.5 Å². The third-order valence-corrected chi connectivity index (χ3v) is 22.4. The summed E-state index contributed by atoms with van der Waals surface area (Å²) in [5.74, 6) is 0. The first-order valence-corrected chi connectivity index (χ1v) is 23.1. The van der Waals surface area contributed by atoms with Crippen LogP contribution in [0.4, 0.5) is 0 Å². The fraction of sp³-hybridized carbons (Fsp3) is 0.455. The Balaban J connectivity index is 2.51. The number of hydrogen-bond donors (Lipinski definition) is 0. The summed E-state index contributed by atoms with van der Waals surface area (Å²) in [5, 5.41) is 1.68. The first-order valence-electron chi connectivity index (χ1n) is 5.31. The zero-order chi connectivity index (χ0) is 11.3. The van der Waals surface area contributed by atoms with Crippen molar-refractivity contribution in [2.45, 2.75) is 39.3 Å². The molecule has 0 nitrogen and oxygen atoms in total. The molecule has 0 spiro atoms. The Labute approximate surface area is 103 Å². The van der Waals surface area contributed by atoms with Gasteiger partial charge in [-0.3, -0.25) is 0 Å². The zero-order valence-corrected chi connectivity index (χ0v) is 15.5. The Bertz CT molecular complexity index is 396. The average molecular weight is 361 g/mol. The van der Waals surface area contributed by atoms with E-state index >= 15 is 0 Å². The van der Waals surface area contributed by atoms with Crippen LogP contribution in [-0.2, 0) is 0 Å². The van der Waals surface area contributed by atoms with Crippen LogP contribution < -0.4 is 5.19 Å². The fourth-order valence-corrected chi connectivity index (χ4v) is 25.3. The molecule has 1 aromatic carbocycles. The van der Waals surface area contributed by atoms with E-state index < -0.39 is 23.7 Å². The number of fused-ring (bicyclic) bond motifs is 1. The summed E-state index contributed by atoms with van der Waals surface area (Å²) in [6.45, 7) is 7.36. The van der Waals surface area contributed by atoms with Crippen molar-refractivity contribution in [1.82, 2.24) is 0 Å². The minimum absolute atomic E-state index is 1.15. The molecule has 0 bridgehead atoms. The van der Waals surface area contributed by atoms with E-state index in [1.807, 2.05) is 0 Å². The molecule has 0 saturated carbocycles. The van der Waals surface area contributed by atoms with Crippen molar-refractivity contribution < 1.29 is 0 Å². The zero-order valence-electron chi connectivity index (χ0n) is 10.0. The molecule has 0 aliphatic carbocycles. The van der Waals surface area contributed by atoms with E-state index in [2.05, 4.69) is 65.6 Å². The normalized spacial score (nSPS) is 19.0.